The van der Waals surface area contributed by atoms with Gasteiger partial charge in [-0.05, 0) is 19.1 Å². The highest BCUT2D eigenvalue weighted by atomic mass is 79.9. The van der Waals surface area contributed by atoms with E-state index in [2.05, 4.69) is 22.5 Å². The lowest BCUT2D eigenvalue weighted by atomic mass is 9.94. The molecule has 1 aromatic rings. The molecule has 0 aliphatic heterocycles. The zero-order valence-corrected chi connectivity index (χ0v) is 9.97. The van der Waals surface area contributed by atoms with Crippen molar-refractivity contribution < 1.29 is 4.79 Å². The number of Topliss-reactive ketones (excluding diaryl/α,β-unsaturated/α-hetero) is 1. The first-order valence-electron chi connectivity index (χ1n) is 4.47. The molecule has 0 bridgehead atoms. The molecule has 1 atom stereocenters. The third kappa shape index (κ3) is 2.55. The number of rotatable bonds is 3. The minimum atomic E-state index is -0.101. The maximum atomic E-state index is 11.8. The van der Waals surface area contributed by atoms with Gasteiger partial charge in [0.1, 0.15) is 0 Å². The molecule has 2 heteroatoms. The van der Waals surface area contributed by atoms with E-state index in [0.717, 1.165) is 15.6 Å². The zero-order chi connectivity index (χ0) is 10.7. The van der Waals surface area contributed by atoms with E-state index in [1.807, 2.05) is 38.1 Å². The summed E-state index contributed by atoms with van der Waals surface area (Å²) in [5.74, 6) is 0.0289. The lowest BCUT2D eigenvalue weighted by Gasteiger charge is -2.09. The first kappa shape index (κ1) is 11.2. The van der Waals surface area contributed by atoms with Crippen molar-refractivity contribution in [3.63, 3.8) is 0 Å². The molecular formula is C12H13BrO. The molecule has 0 saturated carbocycles. The molecule has 0 heterocycles. The molecule has 74 valence electrons. The molecule has 0 fully saturated rings. The lowest BCUT2D eigenvalue weighted by molar-refractivity contribution is 0.0948. The largest absolute Gasteiger partial charge is 0.294 e. The molecule has 1 aromatic carbocycles. The van der Waals surface area contributed by atoms with E-state index in [0.29, 0.717) is 0 Å². The minimum absolute atomic E-state index is 0.101. The van der Waals surface area contributed by atoms with Crippen LogP contribution in [0.2, 0.25) is 0 Å². The molecular weight excluding hydrogens is 240 g/mol. The summed E-state index contributed by atoms with van der Waals surface area (Å²) in [6.07, 6.45) is 0. The van der Waals surface area contributed by atoms with E-state index in [9.17, 15) is 4.79 Å². The fourth-order valence-corrected chi connectivity index (χ4v) is 1.35. The summed E-state index contributed by atoms with van der Waals surface area (Å²) < 4.78 is 0.983. The molecule has 0 unspecified atom stereocenters. The monoisotopic (exact) mass is 252 g/mol. The Hall–Kier alpha value is -0.890. The van der Waals surface area contributed by atoms with Crippen molar-refractivity contribution in [2.75, 3.05) is 0 Å². The highest BCUT2D eigenvalue weighted by Gasteiger charge is 2.14. The maximum Gasteiger partial charge on any atom is 0.169 e. The molecule has 1 nitrogen and oxygen atoms in total. The molecule has 0 radical (unpaired) electrons. The molecule has 0 spiro atoms. The summed E-state index contributed by atoms with van der Waals surface area (Å²) in [5.41, 5.74) is 1.64. The normalized spacial score (nSPS) is 12.2. The predicted molar refractivity (Wildman–Crippen MR) is 62.5 cm³/mol. The Labute approximate surface area is 93.0 Å². The molecule has 0 N–H and O–H groups in total. The summed E-state index contributed by atoms with van der Waals surface area (Å²) in [6, 6.07) is 7.40. The van der Waals surface area contributed by atoms with Gasteiger partial charge in [0.15, 0.2) is 5.78 Å². The third-order valence-corrected chi connectivity index (χ3v) is 2.79. The number of hydrogen-bond donors (Lipinski definition) is 0. The van der Waals surface area contributed by atoms with Crippen LogP contribution in [0.3, 0.4) is 0 Å². The average Bonchev–Trinajstić information content (AvgIpc) is 2.16. The van der Waals surface area contributed by atoms with Crippen LogP contribution in [0.4, 0.5) is 0 Å². The number of allylic oxidation sites excluding steroid dienone is 1. The van der Waals surface area contributed by atoms with E-state index in [1.54, 1.807) is 0 Å². The van der Waals surface area contributed by atoms with Gasteiger partial charge >= 0.3 is 0 Å². The summed E-state index contributed by atoms with van der Waals surface area (Å²) in [7, 11) is 0. The van der Waals surface area contributed by atoms with E-state index < -0.39 is 0 Å². The van der Waals surface area contributed by atoms with E-state index in [-0.39, 0.29) is 11.7 Å². The molecule has 0 aromatic heterocycles. The lowest BCUT2D eigenvalue weighted by Crippen LogP contribution is -2.11. The first-order valence-corrected chi connectivity index (χ1v) is 5.27. The molecule has 14 heavy (non-hydrogen) atoms. The molecule has 0 amide bonds. The highest BCUT2D eigenvalue weighted by molar-refractivity contribution is 9.10. The topological polar surface area (TPSA) is 17.1 Å². The Morgan fingerprint density at radius 2 is 1.86 bits per heavy atom. The van der Waals surface area contributed by atoms with Crippen LogP contribution in [-0.4, -0.2) is 5.78 Å². The van der Waals surface area contributed by atoms with Gasteiger partial charge in [-0.1, -0.05) is 47.1 Å². The molecule has 0 aliphatic carbocycles. The second-order valence-electron chi connectivity index (χ2n) is 3.44. The van der Waals surface area contributed by atoms with Crippen LogP contribution < -0.4 is 0 Å². The van der Waals surface area contributed by atoms with Crippen LogP contribution in [0.25, 0.3) is 0 Å². The van der Waals surface area contributed by atoms with Crippen LogP contribution in [0.15, 0.2) is 40.9 Å². The molecule has 0 saturated heterocycles. The van der Waals surface area contributed by atoms with E-state index in [4.69, 9.17) is 0 Å². The second kappa shape index (κ2) is 4.56. The Bertz CT molecular complexity index is 351. The van der Waals surface area contributed by atoms with Gasteiger partial charge in [-0.25, -0.2) is 0 Å². The van der Waals surface area contributed by atoms with Gasteiger partial charge in [-0.3, -0.25) is 4.79 Å². The van der Waals surface area contributed by atoms with Gasteiger partial charge in [0, 0.05) is 16.0 Å². The molecule has 0 aliphatic rings. The predicted octanol–water partition coefficient (Wildman–Crippen LogP) is 3.84. The van der Waals surface area contributed by atoms with Gasteiger partial charge in [-0.15, -0.1) is 0 Å². The van der Waals surface area contributed by atoms with Gasteiger partial charge in [0.25, 0.3) is 0 Å². The standard InChI is InChI=1S/C12H13BrO/c1-8(2)9(3)12(14)10-4-6-11(13)7-5-10/h4-7,9H,1H2,2-3H3/t9-/m1/s1. The van der Waals surface area contributed by atoms with Crippen molar-refractivity contribution in [2.45, 2.75) is 13.8 Å². The third-order valence-electron chi connectivity index (χ3n) is 2.26. The number of ketones is 1. The Morgan fingerprint density at radius 1 is 1.36 bits per heavy atom. The SMILES string of the molecule is C=C(C)[C@@H](C)C(=O)c1ccc(Br)cc1. The van der Waals surface area contributed by atoms with Crippen molar-refractivity contribution in [1.29, 1.82) is 0 Å². The Morgan fingerprint density at radius 3 is 2.29 bits per heavy atom. The summed E-state index contributed by atoms with van der Waals surface area (Å²) in [4.78, 5) is 11.8. The number of carbonyl (C=O) groups excluding carboxylic acids is 1. The van der Waals surface area contributed by atoms with Crippen LogP contribution in [0.1, 0.15) is 24.2 Å². The van der Waals surface area contributed by atoms with Crippen LogP contribution in [0, 0.1) is 5.92 Å². The summed E-state index contributed by atoms with van der Waals surface area (Å²) >= 11 is 3.33. The van der Waals surface area contributed by atoms with E-state index >= 15 is 0 Å². The van der Waals surface area contributed by atoms with Crippen molar-refractivity contribution in [3.8, 4) is 0 Å². The fraction of sp³-hybridized carbons (Fsp3) is 0.250. The summed E-state index contributed by atoms with van der Waals surface area (Å²) in [6.45, 7) is 7.55. The van der Waals surface area contributed by atoms with Crippen molar-refractivity contribution in [3.05, 3.63) is 46.5 Å². The van der Waals surface area contributed by atoms with Crippen molar-refractivity contribution in [1.82, 2.24) is 0 Å². The number of carbonyl (C=O) groups is 1. The highest BCUT2D eigenvalue weighted by Crippen LogP contribution is 2.17. The fourth-order valence-electron chi connectivity index (χ4n) is 1.09. The quantitative estimate of drug-likeness (QED) is 0.590. The number of benzene rings is 1. The molecule has 1 rings (SSSR count). The van der Waals surface area contributed by atoms with Gasteiger partial charge < -0.3 is 0 Å². The van der Waals surface area contributed by atoms with Crippen molar-refractivity contribution in [2.24, 2.45) is 5.92 Å². The van der Waals surface area contributed by atoms with Crippen LogP contribution in [-0.2, 0) is 0 Å². The second-order valence-corrected chi connectivity index (χ2v) is 4.35. The van der Waals surface area contributed by atoms with Gasteiger partial charge in [0.2, 0.25) is 0 Å². The number of halogens is 1. The van der Waals surface area contributed by atoms with Crippen LogP contribution >= 0.6 is 15.9 Å². The Kier molecular flexibility index (Phi) is 3.64. The zero-order valence-electron chi connectivity index (χ0n) is 8.38. The average molecular weight is 253 g/mol. The number of hydrogen-bond acceptors (Lipinski definition) is 1. The van der Waals surface area contributed by atoms with E-state index in [1.165, 1.54) is 0 Å². The van der Waals surface area contributed by atoms with Crippen molar-refractivity contribution >= 4 is 21.7 Å². The Balaban J connectivity index is 2.90. The maximum absolute atomic E-state index is 11.8. The smallest absolute Gasteiger partial charge is 0.169 e. The van der Waals surface area contributed by atoms with Crippen LogP contribution in [0.5, 0.6) is 0 Å². The van der Waals surface area contributed by atoms with Gasteiger partial charge in [0.05, 0.1) is 0 Å². The van der Waals surface area contributed by atoms with Gasteiger partial charge in [-0.2, -0.15) is 0 Å². The summed E-state index contributed by atoms with van der Waals surface area (Å²) in [5, 5.41) is 0. The minimum Gasteiger partial charge on any atom is -0.294 e. The first-order chi connectivity index (χ1) is 6.52.